The molecule has 0 bridgehead atoms. The number of ketones is 1. The lowest BCUT2D eigenvalue weighted by Crippen LogP contribution is -2.69. The second-order valence-electron chi connectivity index (χ2n) is 12.9. The number of Topliss-reactive ketones (excluding diaryl/α,β-unsaturated/α-hetero) is 1. The van der Waals surface area contributed by atoms with E-state index in [4.69, 9.17) is 14.2 Å². The molecule has 10 nitrogen and oxygen atoms in total. The van der Waals surface area contributed by atoms with E-state index in [0.717, 1.165) is 0 Å². The van der Waals surface area contributed by atoms with Gasteiger partial charge in [0.1, 0.15) is 17.8 Å². The topological polar surface area (TPSA) is 163 Å². The number of carbonyl (C=O) groups is 3. The van der Waals surface area contributed by atoms with Gasteiger partial charge in [0, 0.05) is 35.2 Å². The van der Waals surface area contributed by atoms with Gasteiger partial charge in [-0.05, 0) is 30.6 Å². The fourth-order valence-corrected chi connectivity index (χ4v) is 8.64. The molecule has 0 aromatic rings. The lowest BCUT2D eigenvalue weighted by Gasteiger charge is -2.53. The SMILES string of the molecule is CCC(C)C(=O)OC12C(OC(=O)/C=C/SC)[C@@H](C)C3(O)[C@@H]4C=C(C)C(=O)C4(O)C(O)C4(CO)OC4[C@H]3[C@H]1C2(C)C. The molecule has 1 heterocycles. The molecule has 8 unspecified atom stereocenters. The molecule has 0 aromatic carbocycles. The summed E-state index contributed by atoms with van der Waals surface area (Å²) in [5.41, 5.74) is -8.21. The van der Waals surface area contributed by atoms with Gasteiger partial charge in [0.05, 0.1) is 24.2 Å². The van der Waals surface area contributed by atoms with Crippen LogP contribution in [0.15, 0.2) is 23.1 Å². The van der Waals surface area contributed by atoms with Crippen molar-refractivity contribution in [1.29, 1.82) is 0 Å². The largest absolute Gasteiger partial charge is 0.454 e. The highest BCUT2D eigenvalue weighted by molar-refractivity contribution is 8.01. The summed E-state index contributed by atoms with van der Waals surface area (Å²) in [4.78, 5) is 39.7. The second-order valence-corrected chi connectivity index (χ2v) is 13.6. The van der Waals surface area contributed by atoms with Crippen LogP contribution in [-0.2, 0) is 28.6 Å². The molecule has 4 aliphatic carbocycles. The molecule has 5 aliphatic rings. The van der Waals surface area contributed by atoms with Crippen LogP contribution in [0.25, 0.3) is 0 Å². The van der Waals surface area contributed by atoms with E-state index in [1.807, 2.05) is 20.8 Å². The molecule has 0 amide bonds. The summed E-state index contributed by atoms with van der Waals surface area (Å²) < 4.78 is 18.3. The molecule has 1 aliphatic heterocycles. The van der Waals surface area contributed by atoms with Crippen molar-refractivity contribution in [1.82, 2.24) is 0 Å². The first-order valence-corrected chi connectivity index (χ1v) is 15.1. The number of thioether (sulfide) groups is 1. The van der Waals surface area contributed by atoms with Gasteiger partial charge in [0.2, 0.25) is 0 Å². The van der Waals surface area contributed by atoms with E-state index in [9.17, 15) is 34.8 Å². The summed E-state index contributed by atoms with van der Waals surface area (Å²) >= 11 is 1.30. The summed E-state index contributed by atoms with van der Waals surface area (Å²) in [6, 6.07) is 0. The summed E-state index contributed by atoms with van der Waals surface area (Å²) in [5.74, 6) is -6.22. The van der Waals surface area contributed by atoms with E-state index in [1.54, 1.807) is 25.5 Å². The van der Waals surface area contributed by atoms with Crippen LogP contribution in [0.4, 0.5) is 0 Å². The van der Waals surface area contributed by atoms with Crippen LogP contribution in [0.1, 0.15) is 48.0 Å². The third-order valence-corrected chi connectivity index (χ3v) is 11.3. The van der Waals surface area contributed by atoms with Crippen molar-refractivity contribution in [2.24, 2.45) is 35.0 Å². The molecule has 0 spiro atoms. The van der Waals surface area contributed by atoms with Crippen LogP contribution in [0, 0.1) is 35.0 Å². The number of ether oxygens (including phenoxy) is 3. The Morgan fingerprint density at radius 1 is 1.27 bits per heavy atom. The fourth-order valence-electron chi connectivity index (χ4n) is 8.39. The summed E-state index contributed by atoms with van der Waals surface area (Å²) in [7, 11) is 0. The highest BCUT2D eigenvalue weighted by atomic mass is 32.2. The molecule has 4 fully saturated rings. The van der Waals surface area contributed by atoms with Gasteiger partial charge in [-0.1, -0.05) is 40.7 Å². The maximum atomic E-state index is 13.4. The number of rotatable bonds is 7. The van der Waals surface area contributed by atoms with Gasteiger partial charge in [-0.3, -0.25) is 9.59 Å². The number of carbonyl (C=O) groups excluding carboxylic acids is 3. The highest BCUT2D eigenvalue weighted by Gasteiger charge is 2.93. The van der Waals surface area contributed by atoms with E-state index in [0.29, 0.717) is 6.42 Å². The minimum absolute atomic E-state index is 0.157. The number of hydrogen-bond acceptors (Lipinski definition) is 11. The Hall–Kier alpha value is -1.76. The lowest BCUT2D eigenvalue weighted by atomic mass is 9.58. The Morgan fingerprint density at radius 2 is 1.93 bits per heavy atom. The highest BCUT2D eigenvalue weighted by Crippen LogP contribution is 2.80. The molecule has 4 N–H and O–H groups in total. The molecule has 222 valence electrons. The van der Waals surface area contributed by atoms with Crippen LogP contribution in [0.2, 0.25) is 0 Å². The van der Waals surface area contributed by atoms with Gasteiger partial charge in [-0.15, -0.1) is 11.8 Å². The van der Waals surface area contributed by atoms with E-state index < -0.39 is 100 Å². The van der Waals surface area contributed by atoms with Gasteiger partial charge in [0.15, 0.2) is 17.0 Å². The Kier molecular flexibility index (Phi) is 6.78. The first-order valence-electron chi connectivity index (χ1n) is 13.9. The Bertz CT molecular complexity index is 1200. The molecule has 11 heteroatoms. The molecule has 0 radical (unpaired) electrons. The zero-order chi connectivity index (χ0) is 29.8. The Morgan fingerprint density at radius 3 is 2.50 bits per heavy atom. The predicted molar refractivity (Wildman–Crippen MR) is 144 cm³/mol. The quantitative estimate of drug-likeness (QED) is 0.194. The minimum Gasteiger partial charge on any atom is -0.454 e. The van der Waals surface area contributed by atoms with Gasteiger partial charge in [-0.2, -0.15) is 0 Å². The average molecular weight is 581 g/mol. The zero-order valence-corrected chi connectivity index (χ0v) is 24.7. The van der Waals surface area contributed by atoms with E-state index >= 15 is 0 Å². The summed E-state index contributed by atoms with van der Waals surface area (Å²) in [6.07, 6.45) is 1.06. The normalized spacial score (nSPS) is 48.6. The van der Waals surface area contributed by atoms with Crippen LogP contribution in [-0.4, -0.2) is 91.7 Å². The van der Waals surface area contributed by atoms with Crippen molar-refractivity contribution in [3.05, 3.63) is 23.1 Å². The van der Waals surface area contributed by atoms with Gasteiger partial charge in [0.25, 0.3) is 0 Å². The number of fused-ring (bicyclic) bond motifs is 7. The van der Waals surface area contributed by atoms with Crippen LogP contribution in [0.5, 0.6) is 0 Å². The molecule has 3 saturated carbocycles. The van der Waals surface area contributed by atoms with Crippen molar-refractivity contribution in [2.45, 2.75) is 88.7 Å². The van der Waals surface area contributed by atoms with Gasteiger partial charge < -0.3 is 34.6 Å². The average Bonchev–Trinajstić information content (AvgIpc) is 3.74. The van der Waals surface area contributed by atoms with Gasteiger partial charge in [-0.25, -0.2) is 4.79 Å². The van der Waals surface area contributed by atoms with Crippen LogP contribution >= 0.6 is 11.8 Å². The van der Waals surface area contributed by atoms with Crippen molar-refractivity contribution < 1.29 is 49.0 Å². The van der Waals surface area contributed by atoms with Crippen molar-refractivity contribution in [3.63, 3.8) is 0 Å². The first-order chi connectivity index (χ1) is 18.6. The van der Waals surface area contributed by atoms with Crippen LogP contribution < -0.4 is 0 Å². The van der Waals surface area contributed by atoms with Crippen molar-refractivity contribution in [3.8, 4) is 0 Å². The third kappa shape index (κ3) is 3.33. The van der Waals surface area contributed by atoms with Gasteiger partial charge >= 0.3 is 11.9 Å². The van der Waals surface area contributed by atoms with Crippen molar-refractivity contribution >= 4 is 29.5 Å². The lowest BCUT2D eigenvalue weighted by molar-refractivity contribution is -0.244. The number of esters is 2. The van der Waals surface area contributed by atoms with Crippen molar-refractivity contribution in [2.75, 3.05) is 12.9 Å². The molecule has 5 rings (SSSR count). The number of epoxide rings is 1. The number of aliphatic hydroxyl groups excluding tert-OH is 2. The van der Waals surface area contributed by atoms with Crippen LogP contribution in [0.3, 0.4) is 0 Å². The molecule has 1 saturated heterocycles. The third-order valence-electron chi connectivity index (χ3n) is 10.9. The van der Waals surface area contributed by atoms with E-state index in [1.165, 1.54) is 30.8 Å². The molecular formula is C29H40O10S. The van der Waals surface area contributed by atoms with E-state index in [2.05, 4.69) is 0 Å². The molecule has 12 atom stereocenters. The maximum absolute atomic E-state index is 13.4. The number of aliphatic hydroxyl groups is 4. The fraction of sp³-hybridized carbons (Fsp3) is 0.759. The maximum Gasteiger partial charge on any atom is 0.331 e. The predicted octanol–water partition coefficient (Wildman–Crippen LogP) is 1.14. The Labute approximate surface area is 238 Å². The molecule has 0 aromatic heterocycles. The number of hydrogen-bond donors (Lipinski definition) is 4. The summed E-state index contributed by atoms with van der Waals surface area (Å²) in [5, 5.41) is 48.3. The Balaban J connectivity index is 1.72. The molecule has 40 heavy (non-hydrogen) atoms. The smallest absolute Gasteiger partial charge is 0.331 e. The molecular weight excluding hydrogens is 540 g/mol. The standard InChI is InChI=1S/C29H40O10S/c1-8-13(2)23(33)39-29-19(25(29,5)6)18-22-26(12-30,38-22)24(34)28(36)16(11-14(3)20(28)32)27(18,35)15(4)21(29)37-17(31)9-10-40-7/h9-11,13,15-16,18-19,21-22,24,30,34-36H,8,12H2,1-7H3/b10-9+/t13?,15-,16+,18-,19+,21?,22?,24?,26?,27?,28?,29?/m1/s1. The monoisotopic (exact) mass is 580 g/mol. The minimum atomic E-state index is -2.49. The first kappa shape index (κ1) is 29.7. The second kappa shape index (κ2) is 9.12. The van der Waals surface area contributed by atoms with E-state index in [-0.39, 0.29) is 5.57 Å². The zero-order valence-electron chi connectivity index (χ0n) is 23.9. The summed E-state index contributed by atoms with van der Waals surface area (Å²) in [6.45, 7) is 9.75.